The quantitative estimate of drug-likeness (QED) is 0.598. The van der Waals surface area contributed by atoms with E-state index in [9.17, 15) is 8.42 Å². The Hall–Kier alpha value is -0.320. The van der Waals surface area contributed by atoms with E-state index in [-0.39, 0.29) is 5.92 Å². The minimum absolute atomic E-state index is 0.0118. The largest absolute Gasteiger partial charge is 0.244 e. The standard InChI is InChI=1S/C8H7Cl2NO2S/c9-8-2-1-5(4-11-8)6-3-7(6)14(10,12)13/h1-2,4,6-7H,3H2. The summed E-state index contributed by atoms with van der Waals surface area (Å²) >= 11 is 5.61. The first-order chi connectivity index (χ1) is 6.48. The fraction of sp³-hybridized carbons (Fsp3) is 0.375. The zero-order valence-corrected chi connectivity index (χ0v) is 9.35. The van der Waals surface area contributed by atoms with Gasteiger partial charge in [-0.25, -0.2) is 13.4 Å². The average Bonchev–Trinajstić information content (AvgIpc) is 2.83. The third kappa shape index (κ3) is 2.02. The molecule has 2 atom stereocenters. The number of pyridine rings is 1. The summed E-state index contributed by atoms with van der Waals surface area (Å²) in [7, 11) is 1.81. The number of halogens is 2. The van der Waals surface area contributed by atoms with Gasteiger partial charge < -0.3 is 0 Å². The van der Waals surface area contributed by atoms with Crippen LogP contribution < -0.4 is 0 Å². The van der Waals surface area contributed by atoms with Crippen LogP contribution in [0.4, 0.5) is 0 Å². The molecule has 0 spiro atoms. The maximum atomic E-state index is 11.0. The summed E-state index contributed by atoms with van der Waals surface area (Å²) in [6.07, 6.45) is 2.17. The van der Waals surface area contributed by atoms with E-state index in [1.165, 1.54) is 0 Å². The monoisotopic (exact) mass is 251 g/mol. The van der Waals surface area contributed by atoms with Crippen molar-refractivity contribution in [3.63, 3.8) is 0 Å². The van der Waals surface area contributed by atoms with Crippen LogP contribution in [-0.2, 0) is 9.05 Å². The molecule has 0 radical (unpaired) electrons. The predicted octanol–water partition coefficient (Wildman–Crippen LogP) is 2.16. The molecule has 0 bridgehead atoms. The fourth-order valence-electron chi connectivity index (χ4n) is 1.44. The molecule has 0 saturated heterocycles. The van der Waals surface area contributed by atoms with Crippen LogP contribution in [0.25, 0.3) is 0 Å². The van der Waals surface area contributed by atoms with Crippen LogP contribution in [0.5, 0.6) is 0 Å². The van der Waals surface area contributed by atoms with Crippen LogP contribution in [0.2, 0.25) is 5.15 Å². The van der Waals surface area contributed by atoms with Gasteiger partial charge in [0.05, 0.1) is 5.25 Å². The first-order valence-corrected chi connectivity index (χ1v) is 6.78. The lowest BCUT2D eigenvalue weighted by atomic mass is 10.2. The Labute approximate surface area is 91.5 Å². The van der Waals surface area contributed by atoms with Gasteiger partial charge >= 0.3 is 0 Å². The molecule has 0 aliphatic heterocycles. The molecule has 1 aromatic rings. The van der Waals surface area contributed by atoms with E-state index in [4.69, 9.17) is 22.3 Å². The number of rotatable bonds is 2. The lowest BCUT2D eigenvalue weighted by molar-refractivity contribution is 0.607. The van der Waals surface area contributed by atoms with Crippen molar-refractivity contribution in [1.82, 2.24) is 4.98 Å². The molecule has 76 valence electrons. The molecule has 1 aliphatic rings. The van der Waals surface area contributed by atoms with Crippen LogP contribution in [-0.4, -0.2) is 18.7 Å². The highest BCUT2D eigenvalue weighted by molar-refractivity contribution is 8.14. The summed E-state index contributed by atoms with van der Waals surface area (Å²) in [5.41, 5.74) is 0.878. The van der Waals surface area contributed by atoms with Crippen molar-refractivity contribution in [3.05, 3.63) is 29.0 Å². The van der Waals surface area contributed by atoms with Gasteiger partial charge in [-0.15, -0.1) is 0 Å². The molecule has 1 heterocycles. The van der Waals surface area contributed by atoms with E-state index in [0.29, 0.717) is 11.6 Å². The Balaban J connectivity index is 2.18. The molecule has 1 fully saturated rings. The van der Waals surface area contributed by atoms with E-state index >= 15 is 0 Å². The molecule has 3 nitrogen and oxygen atoms in total. The number of nitrogens with zero attached hydrogens (tertiary/aromatic N) is 1. The van der Waals surface area contributed by atoms with E-state index in [1.54, 1.807) is 18.3 Å². The van der Waals surface area contributed by atoms with Crippen molar-refractivity contribution < 1.29 is 8.42 Å². The summed E-state index contributed by atoms with van der Waals surface area (Å²) < 4.78 is 21.9. The molecule has 14 heavy (non-hydrogen) atoms. The van der Waals surface area contributed by atoms with Crippen molar-refractivity contribution in [2.75, 3.05) is 0 Å². The summed E-state index contributed by atoms with van der Waals surface area (Å²) in [6.45, 7) is 0. The first-order valence-electron chi connectivity index (χ1n) is 4.03. The van der Waals surface area contributed by atoms with Gasteiger partial charge in [0.15, 0.2) is 0 Å². The van der Waals surface area contributed by atoms with Crippen LogP contribution in [0.1, 0.15) is 17.9 Å². The lowest BCUT2D eigenvalue weighted by Gasteiger charge is -1.97. The first kappa shape index (κ1) is 10.2. The topological polar surface area (TPSA) is 47.0 Å². The highest BCUT2D eigenvalue weighted by Gasteiger charge is 2.47. The van der Waals surface area contributed by atoms with E-state index < -0.39 is 14.3 Å². The minimum Gasteiger partial charge on any atom is -0.244 e. The van der Waals surface area contributed by atoms with Crippen molar-refractivity contribution in [2.45, 2.75) is 17.6 Å². The number of aromatic nitrogens is 1. The maximum Gasteiger partial charge on any atom is 0.236 e. The number of hydrogen-bond donors (Lipinski definition) is 0. The van der Waals surface area contributed by atoms with Gasteiger partial charge in [0.2, 0.25) is 9.05 Å². The smallest absolute Gasteiger partial charge is 0.236 e. The van der Waals surface area contributed by atoms with E-state index in [1.807, 2.05) is 0 Å². The summed E-state index contributed by atoms with van der Waals surface area (Å²) in [4.78, 5) is 3.88. The SMILES string of the molecule is O=S(=O)(Cl)C1CC1c1ccc(Cl)nc1. The van der Waals surface area contributed by atoms with Crippen molar-refractivity contribution in [3.8, 4) is 0 Å². The Bertz CT molecular complexity index is 443. The summed E-state index contributed by atoms with van der Waals surface area (Å²) in [5, 5.41) is -0.0492. The Morgan fingerprint density at radius 1 is 1.43 bits per heavy atom. The van der Waals surface area contributed by atoms with Crippen molar-refractivity contribution in [1.29, 1.82) is 0 Å². The van der Waals surface area contributed by atoms with Gasteiger partial charge in [-0.2, -0.15) is 0 Å². The Morgan fingerprint density at radius 2 is 2.14 bits per heavy atom. The highest BCUT2D eigenvalue weighted by Crippen LogP contribution is 2.47. The van der Waals surface area contributed by atoms with Gasteiger partial charge in [-0.1, -0.05) is 17.7 Å². The zero-order chi connectivity index (χ0) is 10.3. The Kier molecular flexibility index (Phi) is 2.45. The fourth-order valence-corrected chi connectivity index (χ4v) is 3.13. The minimum atomic E-state index is -3.43. The summed E-state index contributed by atoms with van der Waals surface area (Å²) in [6, 6.07) is 3.43. The molecule has 0 aromatic carbocycles. The zero-order valence-electron chi connectivity index (χ0n) is 7.02. The second-order valence-corrected chi connectivity index (χ2v) is 6.50. The second kappa shape index (κ2) is 3.36. The molecule has 6 heteroatoms. The molecule has 0 amide bonds. The lowest BCUT2D eigenvalue weighted by Crippen LogP contribution is -1.99. The molecular weight excluding hydrogens is 245 g/mol. The molecule has 2 unspecified atom stereocenters. The van der Waals surface area contributed by atoms with E-state index in [0.717, 1.165) is 5.56 Å². The van der Waals surface area contributed by atoms with Gasteiger partial charge in [0.25, 0.3) is 0 Å². The van der Waals surface area contributed by atoms with Gasteiger partial charge in [0.1, 0.15) is 5.15 Å². The van der Waals surface area contributed by atoms with E-state index in [2.05, 4.69) is 4.98 Å². The van der Waals surface area contributed by atoms with Gasteiger partial charge in [0, 0.05) is 22.8 Å². The molecule has 1 aliphatic carbocycles. The second-order valence-electron chi connectivity index (χ2n) is 3.27. The van der Waals surface area contributed by atoms with Crippen LogP contribution >= 0.6 is 22.3 Å². The molecule has 1 saturated carbocycles. The van der Waals surface area contributed by atoms with Gasteiger partial charge in [-0.05, 0) is 18.1 Å². The highest BCUT2D eigenvalue weighted by atomic mass is 35.7. The molecule has 2 rings (SSSR count). The van der Waals surface area contributed by atoms with Gasteiger partial charge in [-0.3, -0.25) is 0 Å². The molecule has 0 N–H and O–H groups in total. The normalized spacial score (nSPS) is 26.1. The third-order valence-electron chi connectivity index (χ3n) is 2.27. The molecular formula is C8H7Cl2NO2S. The number of hydrogen-bond acceptors (Lipinski definition) is 3. The van der Waals surface area contributed by atoms with Crippen molar-refractivity contribution >= 4 is 31.3 Å². The molecule has 1 aromatic heterocycles. The Morgan fingerprint density at radius 3 is 2.57 bits per heavy atom. The third-order valence-corrected chi connectivity index (χ3v) is 4.43. The van der Waals surface area contributed by atoms with Crippen LogP contribution in [0, 0.1) is 0 Å². The predicted molar refractivity (Wildman–Crippen MR) is 55.2 cm³/mol. The van der Waals surface area contributed by atoms with Crippen LogP contribution in [0.15, 0.2) is 18.3 Å². The average molecular weight is 252 g/mol. The van der Waals surface area contributed by atoms with Crippen LogP contribution in [0.3, 0.4) is 0 Å². The summed E-state index contributed by atoms with van der Waals surface area (Å²) in [5.74, 6) is -0.0118. The van der Waals surface area contributed by atoms with Crippen molar-refractivity contribution in [2.24, 2.45) is 0 Å². The maximum absolute atomic E-state index is 11.0.